The minimum absolute atomic E-state index is 0.0673. The van der Waals surface area contributed by atoms with E-state index in [0.717, 1.165) is 18.4 Å². The van der Waals surface area contributed by atoms with Crippen LogP contribution in [0, 0.1) is 5.82 Å². The molecule has 20 heavy (non-hydrogen) atoms. The molecule has 0 spiro atoms. The van der Waals surface area contributed by atoms with Crippen LogP contribution in [0.2, 0.25) is 0 Å². The topological polar surface area (TPSA) is 35.2 Å². The number of rotatable bonds is 5. The predicted octanol–water partition coefficient (Wildman–Crippen LogP) is 3.83. The van der Waals surface area contributed by atoms with E-state index >= 15 is 0 Å². The molecule has 2 nitrogen and oxygen atoms in total. The number of nitrogens with two attached hydrogens (primary N) is 1. The third kappa shape index (κ3) is 3.80. The summed E-state index contributed by atoms with van der Waals surface area (Å²) in [4.78, 5) is 0. The molecule has 2 N–H and O–H groups in total. The Morgan fingerprint density at radius 3 is 2.55 bits per heavy atom. The van der Waals surface area contributed by atoms with Crippen LogP contribution in [0.4, 0.5) is 4.39 Å². The molecule has 1 fully saturated rings. The van der Waals surface area contributed by atoms with Crippen LogP contribution < -0.4 is 5.73 Å². The van der Waals surface area contributed by atoms with Crippen molar-refractivity contribution in [2.24, 2.45) is 5.73 Å². The van der Waals surface area contributed by atoms with E-state index in [1.54, 1.807) is 12.1 Å². The van der Waals surface area contributed by atoms with Crippen LogP contribution in [0.15, 0.2) is 24.3 Å². The summed E-state index contributed by atoms with van der Waals surface area (Å²) >= 11 is 0. The molecule has 1 aliphatic rings. The van der Waals surface area contributed by atoms with E-state index in [9.17, 15) is 4.39 Å². The lowest BCUT2D eigenvalue weighted by atomic mass is 9.83. The van der Waals surface area contributed by atoms with E-state index in [4.69, 9.17) is 10.5 Å². The Hall–Kier alpha value is -0.930. The molecule has 1 saturated carbocycles. The maximum atomic E-state index is 13.3. The lowest BCUT2D eigenvalue weighted by Crippen LogP contribution is -2.51. The van der Waals surface area contributed by atoms with Crippen LogP contribution in [0.1, 0.15) is 51.0 Å². The number of ether oxygens (including phenoxy) is 1. The van der Waals surface area contributed by atoms with Crippen molar-refractivity contribution in [1.82, 2.24) is 0 Å². The molecule has 1 atom stereocenters. The van der Waals surface area contributed by atoms with Crippen LogP contribution in [-0.2, 0) is 11.2 Å². The average Bonchev–Trinajstić information content (AvgIpc) is 2.66. The van der Waals surface area contributed by atoms with Gasteiger partial charge in [-0.3, -0.25) is 0 Å². The summed E-state index contributed by atoms with van der Waals surface area (Å²) in [7, 11) is 0. The minimum Gasteiger partial charge on any atom is -0.374 e. The lowest BCUT2D eigenvalue weighted by molar-refractivity contribution is -0.0683. The summed E-state index contributed by atoms with van der Waals surface area (Å²) in [6.45, 7) is 2.72. The Balaban J connectivity index is 2.11. The molecule has 0 radical (unpaired) electrons. The van der Waals surface area contributed by atoms with Gasteiger partial charge in [0.1, 0.15) is 5.82 Å². The molecule has 0 amide bonds. The van der Waals surface area contributed by atoms with Gasteiger partial charge in [0.05, 0.1) is 5.60 Å². The Morgan fingerprint density at radius 2 is 1.95 bits per heavy atom. The van der Waals surface area contributed by atoms with Crippen molar-refractivity contribution in [2.75, 3.05) is 6.61 Å². The van der Waals surface area contributed by atoms with Crippen LogP contribution in [0.5, 0.6) is 0 Å². The van der Waals surface area contributed by atoms with Crippen molar-refractivity contribution >= 4 is 0 Å². The van der Waals surface area contributed by atoms with Gasteiger partial charge in [-0.1, -0.05) is 37.8 Å². The Labute approximate surface area is 121 Å². The molecule has 0 aliphatic heterocycles. The van der Waals surface area contributed by atoms with Gasteiger partial charge in [-0.25, -0.2) is 4.39 Å². The summed E-state index contributed by atoms with van der Waals surface area (Å²) in [5.74, 6) is -0.193. The van der Waals surface area contributed by atoms with E-state index in [1.807, 2.05) is 13.0 Å². The molecular weight excluding hydrogens is 253 g/mol. The van der Waals surface area contributed by atoms with Crippen LogP contribution in [0.3, 0.4) is 0 Å². The minimum atomic E-state index is -0.225. The van der Waals surface area contributed by atoms with E-state index < -0.39 is 0 Å². The molecule has 3 heteroatoms. The van der Waals surface area contributed by atoms with Crippen molar-refractivity contribution < 1.29 is 9.13 Å². The van der Waals surface area contributed by atoms with E-state index in [2.05, 4.69) is 0 Å². The van der Waals surface area contributed by atoms with Gasteiger partial charge in [0, 0.05) is 12.6 Å². The number of hydrogen-bond acceptors (Lipinski definition) is 2. The summed E-state index contributed by atoms with van der Waals surface area (Å²) in [6, 6.07) is 6.68. The van der Waals surface area contributed by atoms with Crippen LogP contribution in [0.25, 0.3) is 0 Å². The Bertz CT molecular complexity index is 413. The maximum absolute atomic E-state index is 13.3. The highest BCUT2D eigenvalue weighted by Crippen LogP contribution is 2.34. The molecule has 1 unspecified atom stereocenters. The lowest BCUT2D eigenvalue weighted by Gasteiger charge is -2.38. The van der Waals surface area contributed by atoms with E-state index in [0.29, 0.717) is 13.0 Å². The first-order valence-electron chi connectivity index (χ1n) is 7.80. The monoisotopic (exact) mass is 279 g/mol. The van der Waals surface area contributed by atoms with Crippen molar-refractivity contribution in [3.8, 4) is 0 Å². The van der Waals surface area contributed by atoms with Crippen molar-refractivity contribution in [3.05, 3.63) is 35.6 Å². The fourth-order valence-corrected chi connectivity index (χ4v) is 3.34. The fourth-order valence-electron chi connectivity index (χ4n) is 3.34. The summed E-state index contributed by atoms with van der Waals surface area (Å²) in [5, 5.41) is 0. The molecule has 112 valence electrons. The van der Waals surface area contributed by atoms with Gasteiger partial charge in [0.15, 0.2) is 0 Å². The van der Waals surface area contributed by atoms with Gasteiger partial charge in [0.25, 0.3) is 0 Å². The maximum Gasteiger partial charge on any atom is 0.123 e. The molecule has 1 aromatic carbocycles. The second-order valence-electron chi connectivity index (χ2n) is 5.85. The number of hydrogen-bond donors (Lipinski definition) is 1. The molecule has 1 aromatic rings. The van der Waals surface area contributed by atoms with Crippen molar-refractivity contribution in [3.63, 3.8) is 0 Å². The predicted molar refractivity (Wildman–Crippen MR) is 80.1 cm³/mol. The zero-order valence-electron chi connectivity index (χ0n) is 12.4. The molecular formula is C17H26FNO. The Morgan fingerprint density at radius 1 is 1.25 bits per heavy atom. The van der Waals surface area contributed by atoms with Gasteiger partial charge in [0.2, 0.25) is 0 Å². The first-order valence-corrected chi connectivity index (χ1v) is 7.80. The third-order valence-corrected chi connectivity index (χ3v) is 4.40. The molecule has 0 heterocycles. The van der Waals surface area contributed by atoms with Crippen LogP contribution >= 0.6 is 0 Å². The number of benzene rings is 1. The highest BCUT2D eigenvalue weighted by Gasteiger charge is 2.37. The smallest absolute Gasteiger partial charge is 0.123 e. The quantitative estimate of drug-likeness (QED) is 0.831. The van der Waals surface area contributed by atoms with Crippen LogP contribution in [-0.4, -0.2) is 18.2 Å². The van der Waals surface area contributed by atoms with E-state index in [-0.39, 0.29) is 17.5 Å². The average molecular weight is 279 g/mol. The second kappa shape index (κ2) is 7.19. The third-order valence-electron chi connectivity index (χ3n) is 4.40. The molecule has 1 aliphatic carbocycles. The summed E-state index contributed by atoms with van der Waals surface area (Å²) < 4.78 is 19.4. The van der Waals surface area contributed by atoms with Gasteiger partial charge >= 0.3 is 0 Å². The van der Waals surface area contributed by atoms with Gasteiger partial charge < -0.3 is 10.5 Å². The summed E-state index contributed by atoms with van der Waals surface area (Å²) in [6.07, 6.45) is 7.61. The second-order valence-corrected chi connectivity index (χ2v) is 5.85. The largest absolute Gasteiger partial charge is 0.374 e. The molecule has 0 aromatic heterocycles. The normalized spacial score (nSPS) is 20.4. The van der Waals surface area contributed by atoms with E-state index in [1.165, 1.54) is 31.7 Å². The fraction of sp³-hybridized carbons (Fsp3) is 0.647. The molecule has 0 saturated heterocycles. The van der Waals surface area contributed by atoms with Crippen molar-refractivity contribution in [1.29, 1.82) is 0 Å². The first kappa shape index (κ1) is 15.5. The highest BCUT2D eigenvalue weighted by atomic mass is 19.1. The first-order chi connectivity index (χ1) is 9.66. The molecule has 2 rings (SSSR count). The van der Waals surface area contributed by atoms with Gasteiger partial charge in [-0.15, -0.1) is 0 Å². The highest BCUT2D eigenvalue weighted by molar-refractivity contribution is 5.18. The Kier molecular flexibility index (Phi) is 5.55. The zero-order valence-corrected chi connectivity index (χ0v) is 12.4. The standard InChI is InChI=1S/C17H26FNO/c1-2-20-17(10-5-3-4-6-11-17)16(19)13-14-8-7-9-15(18)12-14/h7-9,12,16H,2-6,10-11,13,19H2,1H3. The number of halogens is 1. The van der Waals surface area contributed by atoms with Gasteiger partial charge in [-0.05, 0) is 43.9 Å². The SMILES string of the molecule is CCOC1(C(N)Cc2cccc(F)c2)CCCCCC1. The van der Waals surface area contributed by atoms with Crippen molar-refractivity contribution in [2.45, 2.75) is 63.5 Å². The summed E-state index contributed by atoms with van der Waals surface area (Å²) in [5.41, 5.74) is 7.21. The zero-order chi connectivity index (χ0) is 14.4. The molecule has 0 bridgehead atoms. The van der Waals surface area contributed by atoms with Gasteiger partial charge in [-0.2, -0.15) is 0 Å².